The molecule has 0 unspecified atom stereocenters. The molecular formula is C16H16N4O3. The van der Waals surface area contributed by atoms with Crippen LogP contribution in [0, 0.1) is 6.92 Å². The normalized spacial score (nSPS) is 10.7. The number of aryl methyl sites for hydroxylation is 1. The average molecular weight is 312 g/mol. The highest BCUT2D eigenvalue weighted by molar-refractivity contribution is 6.03. The van der Waals surface area contributed by atoms with E-state index in [-0.39, 0.29) is 11.6 Å². The summed E-state index contributed by atoms with van der Waals surface area (Å²) in [7, 11) is 1.57. The summed E-state index contributed by atoms with van der Waals surface area (Å²) in [5.41, 5.74) is 2.79. The number of aromatic nitrogens is 3. The van der Waals surface area contributed by atoms with E-state index >= 15 is 0 Å². The van der Waals surface area contributed by atoms with E-state index in [2.05, 4.69) is 15.6 Å². The molecule has 7 heteroatoms. The van der Waals surface area contributed by atoms with Gasteiger partial charge in [-0.3, -0.25) is 4.79 Å². The molecule has 1 N–H and O–H groups in total. The van der Waals surface area contributed by atoms with Crippen LogP contribution in [0.1, 0.15) is 16.1 Å². The first kappa shape index (κ1) is 15.0. The third-order valence-electron chi connectivity index (χ3n) is 3.23. The molecule has 0 aliphatic rings. The van der Waals surface area contributed by atoms with Gasteiger partial charge >= 0.3 is 0 Å². The zero-order valence-electron chi connectivity index (χ0n) is 12.8. The van der Waals surface area contributed by atoms with Crippen molar-refractivity contribution in [3.63, 3.8) is 0 Å². The molecule has 0 atom stereocenters. The Morgan fingerprint density at radius 3 is 2.87 bits per heavy atom. The first-order valence-electron chi connectivity index (χ1n) is 7.02. The fraction of sp³-hybridized carbons (Fsp3) is 0.188. The van der Waals surface area contributed by atoms with Crippen molar-refractivity contribution in [2.75, 3.05) is 12.4 Å². The second kappa shape index (κ2) is 6.45. The van der Waals surface area contributed by atoms with Crippen molar-refractivity contribution >= 4 is 11.6 Å². The van der Waals surface area contributed by atoms with Crippen molar-refractivity contribution in [1.82, 2.24) is 14.9 Å². The summed E-state index contributed by atoms with van der Waals surface area (Å²) >= 11 is 0. The zero-order valence-corrected chi connectivity index (χ0v) is 12.8. The number of carbonyl (C=O) groups excluding carboxylic acids is 1. The highest BCUT2D eigenvalue weighted by Gasteiger charge is 2.14. The van der Waals surface area contributed by atoms with Gasteiger partial charge in [0.2, 0.25) is 0 Å². The molecule has 0 fully saturated rings. The number of rotatable bonds is 5. The van der Waals surface area contributed by atoms with Gasteiger partial charge in [-0.1, -0.05) is 35.0 Å². The lowest BCUT2D eigenvalue weighted by molar-refractivity contribution is 0.101. The van der Waals surface area contributed by atoms with Gasteiger partial charge in [-0.2, -0.15) is 5.10 Å². The largest absolute Gasteiger partial charge is 0.362 e. The van der Waals surface area contributed by atoms with Gasteiger partial charge in [0.25, 0.3) is 5.91 Å². The molecule has 0 aliphatic carbocycles. The van der Waals surface area contributed by atoms with E-state index in [9.17, 15) is 4.79 Å². The lowest BCUT2D eigenvalue weighted by Gasteiger charge is -1.98. The van der Waals surface area contributed by atoms with Gasteiger partial charge in [-0.05, 0) is 6.92 Å². The Labute approximate surface area is 132 Å². The SMILES string of the molecule is COCn1cc(NC(=O)c2cc(-c3ccc(C)cc3)on2)cn1. The van der Waals surface area contributed by atoms with Gasteiger partial charge in [-0.25, -0.2) is 4.68 Å². The van der Waals surface area contributed by atoms with Crippen LogP contribution in [0.2, 0.25) is 0 Å². The maximum Gasteiger partial charge on any atom is 0.277 e. The zero-order chi connectivity index (χ0) is 16.2. The number of anilines is 1. The third kappa shape index (κ3) is 3.46. The fourth-order valence-corrected chi connectivity index (χ4v) is 2.06. The fourth-order valence-electron chi connectivity index (χ4n) is 2.06. The van der Waals surface area contributed by atoms with Crippen molar-refractivity contribution in [2.45, 2.75) is 13.7 Å². The summed E-state index contributed by atoms with van der Waals surface area (Å²) in [6.45, 7) is 2.32. The first-order chi connectivity index (χ1) is 11.2. The molecule has 2 heterocycles. The Kier molecular flexibility index (Phi) is 4.20. The predicted molar refractivity (Wildman–Crippen MR) is 83.9 cm³/mol. The van der Waals surface area contributed by atoms with Gasteiger partial charge < -0.3 is 14.6 Å². The number of benzene rings is 1. The molecule has 1 amide bonds. The monoisotopic (exact) mass is 312 g/mol. The van der Waals surface area contributed by atoms with Crippen LogP contribution in [-0.2, 0) is 11.5 Å². The van der Waals surface area contributed by atoms with Crippen molar-refractivity contribution in [3.8, 4) is 11.3 Å². The molecule has 0 spiro atoms. The van der Waals surface area contributed by atoms with Crippen LogP contribution in [0.25, 0.3) is 11.3 Å². The lowest BCUT2D eigenvalue weighted by atomic mass is 10.1. The van der Waals surface area contributed by atoms with Gasteiger partial charge in [0.15, 0.2) is 11.5 Å². The molecule has 118 valence electrons. The number of hydrogen-bond acceptors (Lipinski definition) is 5. The number of hydrogen-bond donors (Lipinski definition) is 1. The second-order valence-electron chi connectivity index (χ2n) is 5.08. The summed E-state index contributed by atoms with van der Waals surface area (Å²) in [6, 6.07) is 9.40. The van der Waals surface area contributed by atoms with Crippen molar-refractivity contribution < 1.29 is 14.1 Å². The molecule has 3 aromatic rings. The third-order valence-corrected chi connectivity index (χ3v) is 3.23. The van der Waals surface area contributed by atoms with Crippen molar-refractivity contribution in [2.24, 2.45) is 0 Å². The Hall–Kier alpha value is -2.93. The van der Waals surface area contributed by atoms with E-state index in [1.54, 1.807) is 24.1 Å². The van der Waals surface area contributed by atoms with E-state index in [4.69, 9.17) is 9.26 Å². The summed E-state index contributed by atoms with van der Waals surface area (Å²) in [5.74, 6) is 0.189. The molecule has 0 bridgehead atoms. The summed E-state index contributed by atoms with van der Waals surface area (Å²) in [5, 5.41) is 10.6. The number of ether oxygens (including phenoxy) is 1. The van der Waals surface area contributed by atoms with Gasteiger partial charge in [-0.15, -0.1) is 0 Å². The summed E-state index contributed by atoms with van der Waals surface area (Å²) < 4.78 is 11.8. The van der Waals surface area contributed by atoms with E-state index < -0.39 is 0 Å². The Morgan fingerprint density at radius 1 is 1.35 bits per heavy atom. The van der Waals surface area contributed by atoms with E-state index in [1.165, 1.54) is 6.20 Å². The lowest BCUT2D eigenvalue weighted by Crippen LogP contribution is -2.11. The average Bonchev–Trinajstić information content (AvgIpc) is 3.18. The minimum atomic E-state index is -0.357. The standard InChI is InChI=1S/C16H16N4O3/c1-11-3-5-12(6-4-11)15-7-14(19-23-15)16(21)18-13-8-17-20(9-13)10-22-2/h3-9H,10H2,1-2H3,(H,18,21). The first-order valence-corrected chi connectivity index (χ1v) is 7.02. The minimum absolute atomic E-state index is 0.208. The molecular weight excluding hydrogens is 296 g/mol. The molecule has 3 rings (SSSR count). The number of nitrogens with zero attached hydrogens (tertiary/aromatic N) is 3. The number of amides is 1. The number of carbonyl (C=O) groups is 1. The summed E-state index contributed by atoms with van der Waals surface area (Å²) in [6.07, 6.45) is 3.21. The van der Waals surface area contributed by atoms with Crippen molar-refractivity contribution in [3.05, 3.63) is 54.0 Å². The minimum Gasteiger partial charge on any atom is -0.362 e. The summed E-state index contributed by atoms with van der Waals surface area (Å²) in [4.78, 5) is 12.2. The van der Waals surface area contributed by atoms with E-state index in [0.29, 0.717) is 18.2 Å². The highest BCUT2D eigenvalue weighted by atomic mass is 16.5. The Morgan fingerprint density at radius 2 is 2.13 bits per heavy atom. The van der Waals surface area contributed by atoms with E-state index in [0.717, 1.165) is 11.1 Å². The van der Waals surface area contributed by atoms with Gasteiger partial charge in [0.1, 0.15) is 6.73 Å². The Balaban J connectivity index is 1.71. The number of nitrogens with one attached hydrogen (secondary N) is 1. The maximum absolute atomic E-state index is 12.2. The smallest absolute Gasteiger partial charge is 0.277 e. The number of methoxy groups -OCH3 is 1. The molecule has 0 saturated carbocycles. The van der Waals surface area contributed by atoms with Gasteiger partial charge in [0, 0.05) is 18.7 Å². The van der Waals surface area contributed by atoms with E-state index in [1.807, 2.05) is 31.2 Å². The molecule has 1 aromatic carbocycles. The second-order valence-corrected chi connectivity index (χ2v) is 5.08. The van der Waals surface area contributed by atoms with Crippen LogP contribution >= 0.6 is 0 Å². The van der Waals surface area contributed by atoms with Crippen molar-refractivity contribution in [1.29, 1.82) is 0 Å². The molecule has 0 aliphatic heterocycles. The van der Waals surface area contributed by atoms with Crippen LogP contribution in [0.4, 0.5) is 5.69 Å². The Bertz CT molecular complexity index is 805. The molecule has 7 nitrogen and oxygen atoms in total. The van der Waals surface area contributed by atoms with Crippen LogP contribution < -0.4 is 5.32 Å². The topological polar surface area (TPSA) is 82.2 Å². The van der Waals surface area contributed by atoms with Crippen LogP contribution in [0.3, 0.4) is 0 Å². The van der Waals surface area contributed by atoms with Crippen LogP contribution in [-0.4, -0.2) is 28.0 Å². The molecule has 0 radical (unpaired) electrons. The predicted octanol–water partition coefficient (Wildman–Crippen LogP) is 2.70. The van der Waals surface area contributed by atoms with Crippen LogP contribution in [0.15, 0.2) is 47.2 Å². The van der Waals surface area contributed by atoms with Gasteiger partial charge in [0.05, 0.1) is 18.1 Å². The maximum atomic E-state index is 12.2. The van der Waals surface area contributed by atoms with Crippen LogP contribution in [0.5, 0.6) is 0 Å². The molecule has 2 aromatic heterocycles. The highest BCUT2D eigenvalue weighted by Crippen LogP contribution is 2.21. The quantitative estimate of drug-likeness (QED) is 0.783. The molecule has 23 heavy (non-hydrogen) atoms. The molecule has 0 saturated heterocycles.